The summed E-state index contributed by atoms with van der Waals surface area (Å²) in [5, 5.41) is 27.1. The highest BCUT2D eigenvalue weighted by atomic mass is 16.7. The summed E-state index contributed by atoms with van der Waals surface area (Å²) < 4.78 is 9.67. The van der Waals surface area contributed by atoms with Crippen LogP contribution in [0, 0.1) is 0 Å². The van der Waals surface area contributed by atoms with Gasteiger partial charge in [0.2, 0.25) is 6.29 Å². The van der Waals surface area contributed by atoms with Gasteiger partial charge in [0.15, 0.2) is 0 Å². The zero-order chi connectivity index (χ0) is 9.14. The molecule has 1 aliphatic rings. The molecule has 5 heteroatoms. The normalized spacial score (nSPS) is 41.2. The molecule has 12 heavy (non-hydrogen) atoms. The van der Waals surface area contributed by atoms with Gasteiger partial charge in [-0.1, -0.05) is 6.58 Å². The van der Waals surface area contributed by atoms with E-state index in [1.807, 2.05) is 0 Å². The monoisotopic (exact) mass is 176 g/mol. The first-order valence-corrected chi connectivity index (χ1v) is 3.59. The van der Waals surface area contributed by atoms with Crippen LogP contribution in [0.2, 0.25) is 0 Å². The van der Waals surface area contributed by atoms with E-state index in [-0.39, 0.29) is 6.61 Å². The average Bonchev–Trinajstić information content (AvgIpc) is 2.33. The van der Waals surface area contributed by atoms with Crippen molar-refractivity contribution in [3.8, 4) is 0 Å². The maximum absolute atomic E-state index is 9.23. The third kappa shape index (κ3) is 1.59. The van der Waals surface area contributed by atoms with E-state index < -0.39 is 24.6 Å². The van der Waals surface area contributed by atoms with E-state index >= 15 is 0 Å². The van der Waals surface area contributed by atoms with Crippen molar-refractivity contribution in [3.63, 3.8) is 0 Å². The Hall–Kier alpha value is -0.620. The lowest BCUT2D eigenvalue weighted by Gasteiger charge is -2.12. The molecule has 0 aliphatic carbocycles. The van der Waals surface area contributed by atoms with Crippen LogP contribution in [-0.4, -0.2) is 46.5 Å². The van der Waals surface area contributed by atoms with Gasteiger partial charge in [0.1, 0.15) is 18.3 Å². The minimum Gasteiger partial charge on any atom is -0.470 e. The Balaban J connectivity index is 2.53. The average molecular weight is 176 g/mol. The molecule has 0 bridgehead atoms. The molecular formula is C7H12O5. The third-order valence-corrected chi connectivity index (χ3v) is 1.73. The van der Waals surface area contributed by atoms with Crippen LogP contribution in [0.3, 0.4) is 0 Å². The molecule has 0 spiro atoms. The first-order chi connectivity index (χ1) is 5.70. The molecule has 3 N–H and O–H groups in total. The van der Waals surface area contributed by atoms with E-state index in [1.54, 1.807) is 0 Å². The van der Waals surface area contributed by atoms with Gasteiger partial charge >= 0.3 is 0 Å². The molecule has 1 fully saturated rings. The molecule has 0 aromatic rings. The molecule has 0 amide bonds. The largest absolute Gasteiger partial charge is 0.470 e. The Kier molecular flexibility index (Phi) is 3.05. The van der Waals surface area contributed by atoms with Crippen molar-refractivity contribution in [2.75, 3.05) is 6.61 Å². The lowest BCUT2D eigenvalue weighted by molar-refractivity contribution is -0.138. The highest BCUT2D eigenvalue weighted by Crippen LogP contribution is 2.21. The van der Waals surface area contributed by atoms with Gasteiger partial charge in [-0.2, -0.15) is 0 Å². The molecule has 0 saturated carbocycles. The molecule has 4 atom stereocenters. The zero-order valence-corrected chi connectivity index (χ0v) is 6.46. The van der Waals surface area contributed by atoms with Crippen LogP contribution < -0.4 is 0 Å². The van der Waals surface area contributed by atoms with Gasteiger partial charge in [-0.25, -0.2) is 0 Å². The van der Waals surface area contributed by atoms with Crippen LogP contribution in [0.25, 0.3) is 0 Å². The first kappa shape index (κ1) is 9.47. The molecule has 1 saturated heterocycles. The van der Waals surface area contributed by atoms with Crippen LogP contribution in [0.5, 0.6) is 0 Å². The third-order valence-electron chi connectivity index (χ3n) is 1.73. The second kappa shape index (κ2) is 3.86. The van der Waals surface area contributed by atoms with Crippen LogP contribution in [-0.2, 0) is 9.47 Å². The van der Waals surface area contributed by atoms with Crippen LogP contribution >= 0.6 is 0 Å². The van der Waals surface area contributed by atoms with Crippen molar-refractivity contribution < 1.29 is 24.8 Å². The quantitative estimate of drug-likeness (QED) is 0.460. The van der Waals surface area contributed by atoms with E-state index in [9.17, 15) is 10.2 Å². The molecule has 0 unspecified atom stereocenters. The lowest BCUT2D eigenvalue weighted by atomic mass is 10.1. The summed E-state index contributed by atoms with van der Waals surface area (Å²) in [6.07, 6.45) is -2.86. The topological polar surface area (TPSA) is 79.2 Å². The molecule has 70 valence electrons. The fraction of sp³-hybridized carbons (Fsp3) is 0.714. The number of hydrogen-bond acceptors (Lipinski definition) is 5. The SMILES string of the molecule is C=CO[C@@H]1O[C@H](CO)[C@@H](O)[C@H]1O. The molecule has 1 heterocycles. The van der Waals surface area contributed by atoms with Crippen molar-refractivity contribution in [2.45, 2.75) is 24.6 Å². The molecule has 1 rings (SSSR count). The predicted molar refractivity (Wildman–Crippen MR) is 39.0 cm³/mol. The van der Waals surface area contributed by atoms with Gasteiger partial charge in [0.25, 0.3) is 0 Å². The van der Waals surface area contributed by atoms with Crippen LogP contribution in [0.1, 0.15) is 0 Å². The highest BCUT2D eigenvalue weighted by Gasteiger charge is 2.43. The van der Waals surface area contributed by atoms with Gasteiger partial charge in [0, 0.05) is 0 Å². The summed E-state index contributed by atoms with van der Waals surface area (Å²) in [7, 11) is 0. The summed E-state index contributed by atoms with van der Waals surface area (Å²) in [6, 6.07) is 0. The predicted octanol–water partition coefficient (Wildman–Crippen LogP) is -1.41. The van der Waals surface area contributed by atoms with E-state index in [4.69, 9.17) is 14.6 Å². The zero-order valence-electron chi connectivity index (χ0n) is 6.46. The molecule has 0 radical (unpaired) electrons. The van der Waals surface area contributed by atoms with Gasteiger partial charge in [-0.3, -0.25) is 0 Å². The number of ether oxygens (including phenoxy) is 2. The summed E-state index contributed by atoms with van der Waals surface area (Å²) in [4.78, 5) is 0. The minimum absolute atomic E-state index is 0.352. The Morgan fingerprint density at radius 1 is 1.42 bits per heavy atom. The molecule has 0 aromatic carbocycles. The standard InChI is InChI=1S/C7H12O5/c1-2-11-7-6(10)5(9)4(3-8)12-7/h2,4-10H,1,3H2/t4-,5-,6-,7-/m1/s1. The summed E-state index contributed by atoms with van der Waals surface area (Å²) >= 11 is 0. The molecule has 0 aromatic heterocycles. The van der Waals surface area contributed by atoms with E-state index in [2.05, 4.69) is 6.58 Å². The highest BCUT2D eigenvalue weighted by molar-refractivity contribution is 4.86. The lowest BCUT2D eigenvalue weighted by Crippen LogP contribution is -2.34. The number of aliphatic hydroxyl groups is 3. The number of hydrogen-bond donors (Lipinski definition) is 3. The van der Waals surface area contributed by atoms with Crippen molar-refractivity contribution in [1.82, 2.24) is 0 Å². The minimum atomic E-state index is -1.14. The van der Waals surface area contributed by atoms with Crippen LogP contribution in [0.4, 0.5) is 0 Å². The molecule has 5 nitrogen and oxygen atoms in total. The summed E-state index contributed by atoms with van der Waals surface area (Å²) in [5.41, 5.74) is 0. The molecular weight excluding hydrogens is 164 g/mol. The van der Waals surface area contributed by atoms with E-state index in [0.717, 1.165) is 6.26 Å². The fourth-order valence-corrected chi connectivity index (χ4v) is 1.07. The Morgan fingerprint density at radius 2 is 2.08 bits per heavy atom. The van der Waals surface area contributed by atoms with Crippen molar-refractivity contribution in [1.29, 1.82) is 0 Å². The van der Waals surface area contributed by atoms with Gasteiger partial charge < -0.3 is 24.8 Å². The Labute approximate surface area is 69.8 Å². The van der Waals surface area contributed by atoms with Gasteiger partial charge in [0.05, 0.1) is 12.9 Å². The Morgan fingerprint density at radius 3 is 2.50 bits per heavy atom. The van der Waals surface area contributed by atoms with Crippen molar-refractivity contribution in [2.24, 2.45) is 0 Å². The fourth-order valence-electron chi connectivity index (χ4n) is 1.07. The van der Waals surface area contributed by atoms with Gasteiger partial charge in [-0.15, -0.1) is 0 Å². The maximum atomic E-state index is 9.23. The molecule has 1 aliphatic heterocycles. The van der Waals surface area contributed by atoms with Crippen molar-refractivity contribution >= 4 is 0 Å². The van der Waals surface area contributed by atoms with E-state index in [1.165, 1.54) is 0 Å². The maximum Gasteiger partial charge on any atom is 0.228 e. The number of rotatable bonds is 3. The first-order valence-electron chi connectivity index (χ1n) is 3.59. The summed E-state index contributed by atoms with van der Waals surface area (Å²) in [5.74, 6) is 0. The number of aliphatic hydroxyl groups excluding tert-OH is 3. The second-order valence-corrected chi connectivity index (χ2v) is 2.51. The second-order valence-electron chi connectivity index (χ2n) is 2.51. The summed E-state index contributed by atoms with van der Waals surface area (Å²) in [6.45, 7) is 2.93. The van der Waals surface area contributed by atoms with E-state index in [0.29, 0.717) is 0 Å². The smallest absolute Gasteiger partial charge is 0.228 e. The van der Waals surface area contributed by atoms with Crippen LogP contribution in [0.15, 0.2) is 12.8 Å². The Bertz CT molecular complexity index is 160. The van der Waals surface area contributed by atoms with Crippen molar-refractivity contribution in [3.05, 3.63) is 12.8 Å². The van der Waals surface area contributed by atoms with Gasteiger partial charge in [-0.05, 0) is 0 Å².